The molecule has 1 aliphatic heterocycles. The third-order valence-corrected chi connectivity index (χ3v) is 3.55. The van der Waals surface area contributed by atoms with Crippen molar-refractivity contribution in [1.82, 2.24) is 5.32 Å². The molecule has 2 nitrogen and oxygen atoms in total. The largest absolute Gasteiger partial charge is 0.378 e. The fourth-order valence-corrected chi connectivity index (χ4v) is 2.20. The minimum Gasteiger partial charge on any atom is -0.378 e. The lowest BCUT2D eigenvalue weighted by Gasteiger charge is -2.29. The Hall–Kier alpha value is -0.0800. The minimum atomic E-state index is 0.459. The molecular weight excluding hydrogens is 174 g/mol. The van der Waals surface area contributed by atoms with Crippen molar-refractivity contribution in [3.05, 3.63) is 0 Å². The molecule has 1 aliphatic rings. The second kappa shape index (κ2) is 5.72. The molecule has 0 radical (unpaired) electrons. The second-order valence-corrected chi connectivity index (χ2v) is 4.87. The molecule has 1 saturated heterocycles. The van der Waals surface area contributed by atoms with Crippen LogP contribution >= 0.6 is 0 Å². The maximum absolute atomic E-state index is 5.65. The van der Waals surface area contributed by atoms with Crippen LogP contribution in [-0.2, 0) is 4.74 Å². The zero-order valence-corrected chi connectivity index (χ0v) is 9.94. The summed E-state index contributed by atoms with van der Waals surface area (Å²) in [6.45, 7) is 6.76. The molecule has 1 N–H and O–H groups in total. The fraction of sp³-hybridized carbons (Fsp3) is 1.00. The fourth-order valence-electron chi connectivity index (χ4n) is 2.20. The molecule has 0 spiro atoms. The van der Waals surface area contributed by atoms with Gasteiger partial charge in [-0.05, 0) is 44.6 Å². The predicted octanol–water partition coefficient (Wildman–Crippen LogP) is 2.58. The highest BCUT2D eigenvalue weighted by Crippen LogP contribution is 2.29. The minimum absolute atomic E-state index is 0.459. The van der Waals surface area contributed by atoms with Crippen molar-refractivity contribution in [1.29, 1.82) is 0 Å². The topological polar surface area (TPSA) is 21.3 Å². The van der Waals surface area contributed by atoms with E-state index in [1.165, 1.54) is 32.1 Å². The number of hydrogen-bond acceptors (Lipinski definition) is 2. The van der Waals surface area contributed by atoms with Crippen molar-refractivity contribution in [2.24, 2.45) is 5.41 Å². The van der Waals surface area contributed by atoms with Crippen LogP contribution < -0.4 is 5.32 Å². The average molecular weight is 199 g/mol. The highest BCUT2D eigenvalue weighted by Gasteiger charge is 2.24. The Bertz CT molecular complexity index is 154. The van der Waals surface area contributed by atoms with Gasteiger partial charge in [0.25, 0.3) is 0 Å². The first-order valence-corrected chi connectivity index (χ1v) is 5.96. The zero-order valence-electron chi connectivity index (χ0n) is 9.94. The van der Waals surface area contributed by atoms with Gasteiger partial charge in [0.2, 0.25) is 0 Å². The summed E-state index contributed by atoms with van der Waals surface area (Å²) in [5.41, 5.74) is 0.459. The summed E-state index contributed by atoms with van der Waals surface area (Å²) in [5.74, 6) is 0. The Morgan fingerprint density at radius 2 is 2.29 bits per heavy atom. The lowest BCUT2D eigenvalue weighted by atomic mass is 9.81. The summed E-state index contributed by atoms with van der Waals surface area (Å²) in [6, 6.07) is 0. The van der Waals surface area contributed by atoms with Crippen molar-refractivity contribution < 1.29 is 4.74 Å². The summed E-state index contributed by atoms with van der Waals surface area (Å²) < 4.78 is 5.65. The van der Waals surface area contributed by atoms with E-state index in [4.69, 9.17) is 4.74 Å². The molecule has 0 aromatic rings. The van der Waals surface area contributed by atoms with Crippen LogP contribution in [0.5, 0.6) is 0 Å². The van der Waals surface area contributed by atoms with Gasteiger partial charge in [-0.2, -0.15) is 0 Å². The van der Waals surface area contributed by atoms with E-state index in [0.29, 0.717) is 11.5 Å². The monoisotopic (exact) mass is 199 g/mol. The Labute approximate surface area is 88.4 Å². The first-order chi connectivity index (χ1) is 6.70. The van der Waals surface area contributed by atoms with Crippen molar-refractivity contribution in [3.63, 3.8) is 0 Å². The number of rotatable bonds is 6. The van der Waals surface area contributed by atoms with Gasteiger partial charge in [-0.3, -0.25) is 0 Å². The SMILES string of the molecule is CCC(C)(CCC1CCCO1)CNC. The molecule has 2 heteroatoms. The summed E-state index contributed by atoms with van der Waals surface area (Å²) >= 11 is 0. The van der Waals surface area contributed by atoms with Crippen molar-refractivity contribution in [3.8, 4) is 0 Å². The van der Waals surface area contributed by atoms with Crippen LogP contribution in [0.2, 0.25) is 0 Å². The van der Waals surface area contributed by atoms with Gasteiger partial charge in [0.05, 0.1) is 6.10 Å². The molecule has 0 aliphatic carbocycles. The van der Waals surface area contributed by atoms with Gasteiger partial charge in [-0.1, -0.05) is 13.8 Å². The standard InChI is InChI=1S/C12H25NO/c1-4-12(2,10-13-3)8-7-11-6-5-9-14-11/h11,13H,4-10H2,1-3H3. The molecule has 0 bridgehead atoms. The van der Waals surface area contributed by atoms with Gasteiger partial charge in [-0.15, -0.1) is 0 Å². The van der Waals surface area contributed by atoms with Crippen LogP contribution in [0.4, 0.5) is 0 Å². The number of hydrogen-bond donors (Lipinski definition) is 1. The van der Waals surface area contributed by atoms with E-state index in [1.807, 2.05) is 7.05 Å². The van der Waals surface area contributed by atoms with Crippen LogP contribution in [-0.4, -0.2) is 26.3 Å². The van der Waals surface area contributed by atoms with E-state index in [0.717, 1.165) is 13.2 Å². The highest BCUT2D eigenvalue weighted by atomic mass is 16.5. The van der Waals surface area contributed by atoms with Crippen molar-refractivity contribution in [2.75, 3.05) is 20.2 Å². The Morgan fingerprint density at radius 1 is 1.50 bits per heavy atom. The summed E-state index contributed by atoms with van der Waals surface area (Å²) in [7, 11) is 2.04. The number of ether oxygens (including phenoxy) is 1. The van der Waals surface area contributed by atoms with E-state index >= 15 is 0 Å². The molecule has 0 aromatic heterocycles. The van der Waals surface area contributed by atoms with Crippen molar-refractivity contribution >= 4 is 0 Å². The van der Waals surface area contributed by atoms with Crippen LogP contribution in [0.3, 0.4) is 0 Å². The van der Waals surface area contributed by atoms with Crippen LogP contribution in [0.25, 0.3) is 0 Å². The van der Waals surface area contributed by atoms with Gasteiger partial charge < -0.3 is 10.1 Å². The normalized spacial score (nSPS) is 26.4. The Balaban J connectivity index is 2.25. The zero-order chi connectivity index (χ0) is 10.4. The maximum atomic E-state index is 5.65. The first-order valence-electron chi connectivity index (χ1n) is 5.96. The molecule has 1 fully saturated rings. The first kappa shape index (κ1) is 12.0. The van der Waals surface area contributed by atoms with Gasteiger partial charge in [0.15, 0.2) is 0 Å². The Kier molecular flexibility index (Phi) is 4.90. The third kappa shape index (κ3) is 3.58. The van der Waals surface area contributed by atoms with E-state index < -0.39 is 0 Å². The highest BCUT2D eigenvalue weighted by molar-refractivity contribution is 4.77. The van der Waals surface area contributed by atoms with Gasteiger partial charge >= 0.3 is 0 Å². The van der Waals surface area contributed by atoms with E-state index in [-0.39, 0.29) is 0 Å². The quantitative estimate of drug-likeness (QED) is 0.710. The number of nitrogens with one attached hydrogen (secondary N) is 1. The summed E-state index contributed by atoms with van der Waals surface area (Å²) in [4.78, 5) is 0. The van der Waals surface area contributed by atoms with E-state index in [2.05, 4.69) is 19.2 Å². The molecular formula is C12H25NO. The molecule has 0 saturated carbocycles. The predicted molar refractivity (Wildman–Crippen MR) is 60.5 cm³/mol. The molecule has 14 heavy (non-hydrogen) atoms. The Morgan fingerprint density at radius 3 is 2.79 bits per heavy atom. The third-order valence-electron chi connectivity index (χ3n) is 3.55. The van der Waals surface area contributed by atoms with Gasteiger partial charge in [0, 0.05) is 13.2 Å². The van der Waals surface area contributed by atoms with E-state index in [1.54, 1.807) is 0 Å². The van der Waals surface area contributed by atoms with Crippen LogP contribution in [0.15, 0.2) is 0 Å². The molecule has 2 atom stereocenters. The molecule has 84 valence electrons. The van der Waals surface area contributed by atoms with Crippen molar-refractivity contribution in [2.45, 2.75) is 52.1 Å². The molecule has 0 amide bonds. The molecule has 1 heterocycles. The lowest BCUT2D eigenvalue weighted by Crippen LogP contribution is -2.30. The second-order valence-electron chi connectivity index (χ2n) is 4.87. The molecule has 0 aromatic carbocycles. The average Bonchev–Trinajstić information content (AvgIpc) is 2.68. The van der Waals surface area contributed by atoms with Gasteiger partial charge in [0.1, 0.15) is 0 Å². The smallest absolute Gasteiger partial charge is 0.0576 e. The summed E-state index contributed by atoms with van der Waals surface area (Å²) in [5, 5.41) is 3.29. The van der Waals surface area contributed by atoms with Gasteiger partial charge in [-0.25, -0.2) is 0 Å². The molecule has 1 rings (SSSR count). The summed E-state index contributed by atoms with van der Waals surface area (Å²) in [6.07, 6.45) is 6.87. The van der Waals surface area contributed by atoms with E-state index in [9.17, 15) is 0 Å². The molecule has 2 unspecified atom stereocenters. The lowest BCUT2D eigenvalue weighted by molar-refractivity contribution is 0.0888. The maximum Gasteiger partial charge on any atom is 0.0576 e. The van der Waals surface area contributed by atoms with Crippen LogP contribution in [0, 0.1) is 5.41 Å². The van der Waals surface area contributed by atoms with Crippen LogP contribution in [0.1, 0.15) is 46.0 Å².